The number of methoxy groups -OCH3 is 1. The first-order chi connectivity index (χ1) is 18.7. The van der Waals surface area contributed by atoms with Crippen LogP contribution in [-0.4, -0.2) is 19.7 Å². The molecule has 2 heterocycles. The number of nitrogens with one attached hydrogen (secondary N) is 2. The SMILES string of the molecule is COc1cc([C@H](Cc2c(Cl)c[nH+]cc2Cl)OC(=O)c2ccc(CNc3ccccc3F)s2)ccc1OC(F)F. The highest BCUT2D eigenvalue weighted by Crippen LogP contribution is 2.36. The predicted molar refractivity (Wildman–Crippen MR) is 143 cm³/mol. The molecule has 6 nitrogen and oxygen atoms in total. The number of aromatic nitrogens is 1. The molecule has 4 rings (SSSR count). The predicted octanol–water partition coefficient (Wildman–Crippen LogP) is 7.37. The Bertz CT molecular complexity index is 1430. The van der Waals surface area contributed by atoms with Crippen LogP contribution in [-0.2, 0) is 17.7 Å². The first kappa shape index (κ1) is 28.5. The van der Waals surface area contributed by atoms with Crippen molar-refractivity contribution < 1.29 is 37.2 Å². The van der Waals surface area contributed by atoms with E-state index in [1.165, 1.54) is 55.1 Å². The van der Waals surface area contributed by atoms with Crippen molar-refractivity contribution in [3.63, 3.8) is 0 Å². The van der Waals surface area contributed by atoms with Crippen LogP contribution in [0.4, 0.5) is 18.9 Å². The number of thiophene rings is 1. The highest BCUT2D eigenvalue weighted by atomic mass is 35.5. The molecule has 0 amide bonds. The van der Waals surface area contributed by atoms with Gasteiger partial charge in [0.25, 0.3) is 0 Å². The third kappa shape index (κ3) is 7.35. The number of halogens is 5. The number of rotatable bonds is 11. The van der Waals surface area contributed by atoms with Crippen molar-refractivity contribution in [3.05, 3.63) is 104 Å². The van der Waals surface area contributed by atoms with Gasteiger partial charge in [-0.15, -0.1) is 11.3 Å². The molecule has 204 valence electrons. The first-order valence-corrected chi connectivity index (χ1v) is 13.1. The lowest BCUT2D eigenvalue weighted by atomic mass is 10.0. The smallest absolute Gasteiger partial charge is 0.387 e. The largest absolute Gasteiger partial charge is 0.493 e. The number of ether oxygens (including phenoxy) is 3. The van der Waals surface area contributed by atoms with Crippen LogP contribution in [0.25, 0.3) is 0 Å². The van der Waals surface area contributed by atoms with Crippen LogP contribution in [0.15, 0.2) is 67.0 Å². The maximum absolute atomic E-state index is 13.9. The molecule has 0 fully saturated rings. The maximum atomic E-state index is 13.9. The molecule has 4 aromatic rings. The summed E-state index contributed by atoms with van der Waals surface area (Å²) in [6.45, 7) is -2.74. The number of H-pyrrole nitrogens is 1. The molecule has 0 saturated heterocycles. The van der Waals surface area contributed by atoms with Crippen molar-refractivity contribution in [1.29, 1.82) is 0 Å². The van der Waals surface area contributed by atoms with Gasteiger partial charge in [0, 0.05) is 23.4 Å². The zero-order chi connectivity index (χ0) is 27.9. The minimum absolute atomic E-state index is 0.0325. The van der Waals surface area contributed by atoms with Gasteiger partial charge in [0.1, 0.15) is 26.8 Å². The fourth-order valence-corrected chi connectivity index (χ4v) is 5.08. The Morgan fingerprint density at radius 3 is 2.49 bits per heavy atom. The van der Waals surface area contributed by atoms with Gasteiger partial charge < -0.3 is 19.5 Å². The summed E-state index contributed by atoms with van der Waals surface area (Å²) in [5.74, 6) is -1.14. The quantitative estimate of drug-likeness (QED) is 0.183. The summed E-state index contributed by atoms with van der Waals surface area (Å²) >= 11 is 13.9. The summed E-state index contributed by atoms with van der Waals surface area (Å²) in [7, 11) is 1.31. The van der Waals surface area contributed by atoms with Gasteiger partial charge >= 0.3 is 12.6 Å². The molecule has 0 spiro atoms. The molecule has 0 unspecified atom stereocenters. The molecular weight excluding hydrogens is 576 g/mol. The molecule has 0 aliphatic carbocycles. The van der Waals surface area contributed by atoms with E-state index in [4.69, 9.17) is 32.7 Å². The Hall–Kier alpha value is -3.47. The van der Waals surface area contributed by atoms with Gasteiger partial charge in [-0.25, -0.2) is 14.2 Å². The van der Waals surface area contributed by atoms with Crippen LogP contribution in [0.1, 0.15) is 31.8 Å². The summed E-state index contributed by atoms with van der Waals surface area (Å²) in [6, 6.07) is 13.9. The summed E-state index contributed by atoms with van der Waals surface area (Å²) in [5.41, 5.74) is 1.31. The highest BCUT2D eigenvalue weighted by Gasteiger charge is 2.25. The number of esters is 1. The van der Waals surface area contributed by atoms with Gasteiger partial charge in [-0.3, -0.25) is 0 Å². The number of aromatic amines is 1. The van der Waals surface area contributed by atoms with Gasteiger partial charge in [0.2, 0.25) is 0 Å². The van der Waals surface area contributed by atoms with E-state index < -0.39 is 18.7 Å². The molecule has 39 heavy (non-hydrogen) atoms. The molecule has 2 aromatic carbocycles. The summed E-state index contributed by atoms with van der Waals surface area (Å²) in [6.07, 6.45) is 2.25. The van der Waals surface area contributed by atoms with Gasteiger partial charge in [-0.1, -0.05) is 41.4 Å². The molecule has 0 radical (unpaired) electrons. The molecule has 0 saturated carbocycles. The first-order valence-electron chi connectivity index (χ1n) is 11.5. The third-order valence-electron chi connectivity index (χ3n) is 5.60. The van der Waals surface area contributed by atoms with Crippen molar-refractivity contribution in [2.24, 2.45) is 0 Å². The fourth-order valence-electron chi connectivity index (χ4n) is 3.72. The van der Waals surface area contributed by atoms with Gasteiger partial charge in [-0.2, -0.15) is 8.78 Å². The minimum Gasteiger partial charge on any atom is -0.493 e. The Labute approximate surface area is 236 Å². The number of para-hydroxylation sites is 1. The number of benzene rings is 2. The number of pyridine rings is 1. The number of carbonyl (C=O) groups excluding carboxylic acids is 1. The standard InChI is InChI=1S/C27H21Cl2F3N2O4S/c1-36-24-10-15(6-8-22(24)38-27(31)32)23(11-17-18(28)13-33-14-19(17)29)37-26(35)25-9-7-16(39-25)12-34-21-5-3-2-4-20(21)30/h2-10,13-14,23,27,34H,11-12H2,1H3/p+1/t23-/m0/s1. The summed E-state index contributed by atoms with van der Waals surface area (Å²) in [5, 5.41) is 3.65. The van der Waals surface area contributed by atoms with Gasteiger partial charge in [0.15, 0.2) is 23.9 Å². The lowest BCUT2D eigenvalue weighted by molar-refractivity contribution is -0.377. The second-order valence-corrected chi connectivity index (χ2v) is 10.1. The van der Waals surface area contributed by atoms with Crippen LogP contribution in [0.3, 0.4) is 0 Å². The van der Waals surface area contributed by atoms with E-state index in [0.717, 1.165) is 4.88 Å². The van der Waals surface area contributed by atoms with Crippen molar-refractivity contribution in [3.8, 4) is 11.5 Å². The molecule has 0 bridgehead atoms. The number of alkyl halides is 2. The molecule has 2 aromatic heterocycles. The molecule has 1 atom stereocenters. The Morgan fingerprint density at radius 2 is 1.79 bits per heavy atom. The van der Waals surface area contributed by atoms with E-state index in [9.17, 15) is 18.0 Å². The maximum Gasteiger partial charge on any atom is 0.387 e. The van der Waals surface area contributed by atoms with E-state index in [-0.39, 0.29) is 23.7 Å². The van der Waals surface area contributed by atoms with Crippen molar-refractivity contribution in [2.45, 2.75) is 25.7 Å². The number of hydrogen-bond acceptors (Lipinski definition) is 6. The Morgan fingerprint density at radius 1 is 1.05 bits per heavy atom. The fraction of sp³-hybridized carbons (Fsp3) is 0.185. The van der Waals surface area contributed by atoms with Crippen LogP contribution in [0.2, 0.25) is 10.0 Å². The van der Waals surface area contributed by atoms with Gasteiger partial charge in [-0.05, 0) is 42.0 Å². The van der Waals surface area contributed by atoms with Gasteiger partial charge in [0.05, 0.1) is 12.8 Å². The zero-order valence-corrected chi connectivity index (χ0v) is 22.7. The van der Waals surface area contributed by atoms with E-state index >= 15 is 0 Å². The lowest BCUT2D eigenvalue weighted by Crippen LogP contribution is -2.15. The Kier molecular flexibility index (Phi) is 9.55. The molecule has 2 N–H and O–H groups in total. The monoisotopic (exact) mass is 597 g/mol. The molecule has 0 aliphatic rings. The number of carbonyl (C=O) groups is 1. The third-order valence-corrected chi connectivity index (χ3v) is 7.34. The normalized spacial score (nSPS) is 11.8. The van der Waals surface area contributed by atoms with Crippen LogP contribution in [0, 0.1) is 5.82 Å². The zero-order valence-electron chi connectivity index (χ0n) is 20.4. The second kappa shape index (κ2) is 13.1. The molecular formula is C27H22Cl2F3N2O4S+. The average Bonchev–Trinajstić information content (AvgIpc) is 3.39. The van der Waals surface area contributed by atoms with Crippen molar-refractivity contribution in [2.75, 3.05) is 12.4 Å². The number of hydrogen-bond donors (Lipinski definition) is 1. The summed E-state index contributed by atoms with van der Waals surface area (Å²) < 4.78 is 55.1. The van der Waals surface area contributed by atoms with E-state index in [0.29, 0.717) is 38.3 Å². The topological polar surface area (TPSA) is 70.9 Å². The highest BCUT2D eigenvalue weighted by molar-refractivity contribution is 7.13. The van der Waals surface area contributed by atoms with E-state index in [1.54, 1.807) is 30.3 Å². The van der Waals surface area contributed by atoms with E-state index in [1.807, 2.05) is 0 Å². The number of anilines is 1. The second-order valence-electron chi connectivity index (χ2n) is 8.12. The van der Waals surface area contributed by atoms with E-state index in [2.05, 4.69) is 15.0 Å². The Balaban J connectivity index is 1.57. The summed E-state index contributed by atoms with van der Waals surface area (Å²) in [4.78, 5) is 17.1. The minimum atomic E-state index is -3.04. The van der Waals surface area contributed by atoms with Crippen LogP contribution < -0.4 is 19.8 Å². The molecule has 0 aliphatic heterocycles. The average molecular weight is 598 g/mol. The van der Waals surface area contributed by atoms with Crippen molar-refractivity contribution in [1.82, 2.24) is 0 Å². The van der Waals surface area contributed by atoms with Crippen LogP contribution >= 0.6 is 34.5 Å². The molecule has 12 heteroatoms. The lowest BCUT2D eigenvalue weighted by Gasteiger charge is -2.20. The van der Waals surface area contributed by atoms with Crippen LogP contribution in [0.5, 0.6) is 11.5 Å². The van der Waals surface area contributed by atoms with Crippen molar-refractivity contribution >= 4 is 46.2 Å².